The molecule has 0 saturated carbocycles. The van der Waals surface area contributed by atoms with Gasteiger partial charge in [-0.1, -0.05) is 0 Å². The summed E-state index contributed by atoms with van der Waals surface area (Å²) >= 11 is 0. The Morgan fingerprint density at radius 3 is 2.73 bits per heavy atom. The van der Waals surface area contributed by atoms with E-state index in [-0.39, 0.29) is 6.10 Å². The highest BCUT2D eigenvalue weighted by atomic mass is 16.5. The van der Waals surface area contributed by atoms with Crippen molar-refractivity contribution in [2.45, 2.75) is 38.1 Å². The average molecular weight is 160 g/mol. The number of hydrogen-bond acceptors (Lipinski definition) is 3. The van der Waals surface area contributed by atoms with Crippen molar-refractivity contribution in [2.24, 2.45) is 0 Å². The van der Waals surface area contributed by atoms with Crippen molar-refractivity contribution < 1.29 is 14.6 Å². The Labute approximate surface area is 67.3 Å². The molecule has 1 N–H and O–H groups in total. The molecule has 0 aromatic heterocycles. The van der Waals surface area contributed by atoms with Crippen LogP contribution in [0.4, 0.5) is 0 Å². The Hall–Kier alpha value is -0.120. The van der Waals surface area contributed by atoms with Gasteiger partial charge in [0.1, 0.15) is 6.10 Å². The van der Waals surface area contributed by atoms with Gasteiger partial charge in [-0.2, -0.15) is 0 Å². The normalized spacial score (nSPS) is 45.8. The second kappa shape index (κ2) is 3.09. The van der Waals surface area contributed by atoms with Gasteiger partial charge in [0.25, 0.3) is 0 Å². The van der Waals surface area contributed by atoms with E-state index in [1.54, 1.807) is 7.11 Å². The predicted octanol–water partition coefficient (Wildman–Crippen LogP) is 0.561. The first kappa shape index (κ1) is 8.97. The van der Waals surface area contributed by atoms with Crippen LogP contribution in [0.3, 0.4) is 0 Å². The maximum absolute atomic E-state index is 9.65. The Bertz CT molecular complexity index is 137. The monoisotopic (exact) mass is 160 g/mol. The summed E-state index contributed by atoms with van der Waals surface area (Å²) in [6.07, 6.45) is 0.129. The summed E-state index contributed by atoms with van der Waals surface area (Å²) in [5.41, 5.74) is -0.419. The zero-order valence-corrected chi connectivity index (χ0v) is 7.33. The van der Waals surface area contributed by atoms with Crippen LogP contribution in [0.15, 0.2) is 0 Å². The minimum absolute atomic E-state index is 0.117. The van der Waals surface area contributed by atoms with E-state index in [0.717, 1.165) is 6.42 Å². The number of aliphatic hydroxyl groups is 1. The summed E-state index contributed by atoms with van der Waals surface area (Å²) in [5, 5.41) is 9.65. The molecule has 3 heteroatoms. The van der Waals surface area contributed by atoms with Crippen LogP contribution in [0.25, 0.3) is 0 Å². The molecule has 0 unspecified atom stereocenters. The predicted molar refractivity (Wildman–Crippen MR) is 41.5 cm³/mol. The molecule has 0 aromatic rings. The van der Waals surface area contributed by atoms with Crippen molar-refractivity contribution >= 4 is 0 Å². The maximum atomic E-state index is 9.65. The molecule has 0 aliphatic carbocycles. The third kappa shape index (κ3) is 1.55. The standard InChI is InChI=1S/C8H16O3/c1-6-7(9)8(2,10-3)4-5-11-6/h6-7,9H,4-5H2,1-3H3/t6-,7+,8+/m0/s1. The van der Waals surface area contributed by atoms with E-state index in [4.69, 9.17) is 9.47 Å². The first-order chi connectivity index (χ1) is 5.10. The summed E-state index contributed by atoms with van der Waals surface area (Å²) < 4.78 is 10.5. The lowest BCUT2D eigenvalue weighted by Gasteiger charge is -2.40. The van der Waals surface area contributed by atoms with Crippen molar-refractivity contribution in [1.29, 1.82) is 0 Å². The summed E-state index contributed by atoms with van der Waals surface area (Å²) in [6.45, 7) is 4.44. The van der Waals surface area contributed by atoms with Gasteiger partial charge in [0.15, 0.2) is 0 Å². The van der Waals surface area contributed by atoms with Gasteiger partial charge in [-0.25, -0.2) is 0 Å². The Balaban J connectivity index is 2.64. The van der Waals surface area contributed by atoms with Crippen LogP contribution in [0.5, 0.6) is 0 Å². The highest BCUT2D eigenvalue weighted by Gasteiger charge is 2.40. The summed E-state index contributed by atoms with van der Waals surface area (Å²) in [5.74, 6) is 0. The SMILES string of the molecule is CO[C@]1(C)CCO[C@@H](C)[C@H]1O. The lowest BCUT2D eigenvalue weighted by atomic mass is 9.89. The minimum atomic E-state index is -0.513. The van der Waals surface area contributed by atoms with E-state index in [1.807, 2.05) is 13.8 Å². The van der Waals surface area contributed by atoms with Crippen molar-refractivity contribution in [2.75, 3.05) is 13.7 Å². The molecule has 0 bridgehead atoms. The molecule has 1 fully saturated rings. The van der Waals surface area contributed by atoms with Crippen molar-refractivity contribution in [3.63, 3.8) is 0 Å². The second-order valence-corrected chi connectivity index (χ2v) is 3.29. The van der Waals surface area contributed by atoms with E-state index >= 15 is 0 Å². The fourth-order valence-corrected chi connectivity index (χ4v) is 1.41. The number of aliphatic hydroxyl groups excluding tert-OH is 1. The topological polar surface area (TPSA) is 38.7 Å². The molecule has 1 aliphatic rings. The molecule has 1 aliphatic heterocycles. The number of hydrogen-bond donors (Lipinski definition) is 1. The van der Waals surface area contributed by atoms with E-state index in [2.05, 4.69) is 0 Å². The average Bonchev–Trinajstić information content (AvgIpc) is 2.00. The lowest BCUT2D eigenvalue weighted by Crippen LogP contribution is -2.52. The van der Waals surface area contributed by atoms with Gasteiger partial charge in [-0.3, -0.25) is 0 Å². The quantitative estimate of drug-likeness (QED) is 0.609. The molecule has 66 valence electrons. The molecule has 0 spiro atoms. The van der Waals surface area contributed by atoms with Gasteiger partial charge in [-0.05, 0) is 13.8 Å². The highest BCUT2D eigenvalue weighted by Crippen LogP contribution is 2.27. The largest absolute Gasteiger partial charge is 0.387 e. The van der Waals surface area contributed by atoms with Gasteiger partial charge in [0, 0.05) is 20.1 Å². The van der Waals surface area contributed by atoms with Crippen molar-refractivity contribution in [3.8, 4) is 0 Å². The number of ether oxygens (including phenoxy) is 2. The first-order valence-corrected chi connectivity index (χ1v) is 3.95. The van der Waals surface area contributed by atoms with Gasteiger partial charge in [-0.15, -0.1) is 0 Å². The van der Waals surface area contributed by atoms with Gasteiger partial charge in [0.2, 0.25) is 0 Å². The molecule has 3 nitrogen and oxygen atoms in total. The Morgan fingerprint density at radius 1 is 1.64 bits per heavy atom. The van der Waals surface area contributed by atoms with Crippen LogP contribution in [0.2, 0.25) is 0 Å². The fraction of sp³-hybridized carbons (Fsp3) is 1.00. The zero-order valence-electron chi connectivity index (χ0n) is 7.33. The van der Waals surface area contributed by atoms with E-state index in [1.165, 1.54) is 0 Å². The van der Waals surface area contributed by atoms with Crippen LogP contribution in [-0.4, -0.2) is 36.6 Å². The van der Waals surface area contributed by atoms with Gasteiger partial charge >= 0.3 is 0 Å². The second-order valence-electron chi connectivity index (χ2n) is 3.29. The molecule has 0 aromatic carbocycles. The summed E-state index contributed by atoms with van der Waals surface area (Å²) in [4.78, 5) is 0. The van der Waals surface area contributed by atoms with E-state index in [0.29, 0.717) is 6.61 Å². The van der Waals surface area contributed by atoms with Crippen LogP contribution in [0, 0.1) is 0 Å². The molecular weight excluding hydrogens is 144 g/mol. The molecule has 0 amide bonds. The molecule has 1 saturated heterocycles. The molecule has 1 rings (SSSR count). The summed E-state index contributed by atoms with van der Waals surface area (Å²) in [7, 11) is 1.63. The molecule has 1 heterocycles. The Morgan fingerprint density at radius 2 is 2.27 bits per heavy atom. The third-order valence-electron chi connectivity index (χ3n) is 2.52. The maximum Gasteiger partial charge on any atom is 0.109 e. The first-order valence-electron chi connectivity index (χ1n) is 3.95. The van der Waals surface area contributed by atoms with E-state index < -0.39 is 11.7 Å². The van der Waals surface area contributed by atoms with Crippen molar-refractivity contribution in [3.05, 3.63) is 0 Å². The highest BCUT2D eigenvalue weighted by molar-refractivity contribution is 4.90. The number of methoxy groups -OCH3 is 1. The molecule has 0 radical (unpaired) electrons. The van der Waals surface area contributed by atoms with Crippen LogP contribution in [-0.2, 0) is 9.47 Å². The number of rotatable bonds is 1. The molecule has 3 atom stereocenters. The van der Waals surface area contributed by atoms with E-state index in [9.17, 15) is 5.11 Å². The van der Waals surface area contributed by atoms with Crippen LogP contribution in [0.1, 0.15) is 20.3 Å². The van der Waals surface area contributed by atoms with Crippen molar-refractivity contribution in [1.82, 2.24) is 0 Å². The Kier molecular flexibility index (Phi) is 2.52. The zero-order chi connectivity index (χ0) is 8.48. The van der Waals surface area contributed by atoms with Crippen LogP contribution < -0.4 is 0 Å². The third-order valence-corrected chi connectivity index (χ3v) is 2.52. The van der Waals surface area contributed by atoms with Crippen LogP contribution >= 0.6 is 0 Å². The summed E-state index contributed by atoms with van der Waals surface area (Å²) in [6, 6.07) is 0. The van der Waals surface area contributed by atoms with Gasteiger partial charge in [0.05, 0.1) is 11.7 Å². The van der Waals surface area contributed by atoms with Gasteiger partial charge < -0.3 is 14.6 Å². The lowest BCUT2D eigenvalue weighted by molar-refractivity contribution is -0.188. The minimum Gasteiger partial charge on any atom is -0.387 e. The molecular formula is C8H16O3. The smallest absolute Gasteiger partial charge is 0.109 e. The fourth-order valence-electron chi connectivity index (χ4n) is 1.41. The molecule has 11 heavy (non-hydrogen) atoms.